The van der Waals surface area contributed by atoms with Crippen molar-refractivity contribution in [3.63, 3.8) is 0 Å². The number of nitrogens with zero attached hydrogens (tertiary/aromatic N) is 1. The van der Waals surface area contributed by atoms with Crippen molar-refractivity contribution >= 4 is 16.1 Å². The molecule has 2 atom stereocenters. The van der Waals surface area contributed by atoms with E-state index in [9.17, 15) is 8.42 Å². The molecule has 1 aromatic rings. The molecule has 0 aromatic heterocycles. The molecular formula is C18H21NO2S. The average molecular weight is 315 g/mol. The van der Waals surface area contributed by atoms with Gasteiger partial charge in [-0.15, -0.1) is 0 Å². The zero-order valence-electron chi connectivity index (χ0n) is 12.6. The van der Waals surface area contributed by atoms with Gasteiger partial charge in [-0.05, 0) is 54.7 Å². The fourth-order valence-electron chi connectivity index (χ4n) is 3.94. The fourth-order valence-corrected chi connectivity index (χ4v) is 5.69. The number of fused-ring (bicyclic) bond motifs is 2. The first-order chi connectivity index (χ1) is 10.6. The van der Waals surface area contributed by atoms with Crippen molar-refractivity contribution in [1.82, 2.24) is 4.31 Å². The molecule has 3 aliphatic rings. The predicted octanol–water partition coefficient (Wildman–Crippen LogP) is 3.20. The van der Waals surface area contributed by atoms with Crippen LogP contribution in [0.15, 0.2) is 41.3 Å². The second-order valence-electron chi connectivity index (χ2n) is 6.59. The van der Waals surface area contributed by atoms with Crippen LogP contribution in [0.4, 0.5) is 0 Å². The number of hydrogen-bond donors (Lipinski definition) is 0. The summed E-state index contributed by atoms with van der Waals surface area (Å²) in [6, 6.07) is 8.09. The summed E-state index contributed by atoms with van der Waals surface area (Å²) in [5.74, 6) is 1.02. The summed E-state index contributed by atoms with van der Waals surface area (Å²) in [6.45, 7) is 1.38. The minimum Gasteiger partial charge on any atom is -0.207 e. The minimum absolute atomic E-state index is 0.510. The van der Waals surface area contributed by atoms with Crippen molar-refractivity contribution in [2.75, 3.05) is 13.1 Å². The van der Waals surface area contributed by atoms with Crippen molar-refractivity contribution in [2.45, 2.75) is 25.7 Å². The van der Waals surface area contributed by atoms with E-state index in [4.69, 9.17) is 0 Å². The van der Waals surface area contributed by atoms with Gasteiger partial charge in [-0.1, -0.05) is 36.4 Å². The van der Waals surface area contributed by atoms with Gasteiger partial charge in [0.1, 0.15) is 0 Å². The highest BCUT2D eigenvalue weighted by atomic mass is 32.2. The summed E-state index contributed by atoms with van der Waals surface area (Å²) < 4.78 is 27.7. The number of benzene rings is 1. The van der Waals surface area contributed by atoms with Gasteiger partial charge in [0, 0.05) is 13.1 Å². The maximum atomic E-state index is 13.0. The van der Waals surface area contributed by atoms with Crippen LogP contribution in [0.1, 0.15) is 30.4 Å². The molecule has 0 unspecified atom stereocenters. The van der Waals surface area contributed by atoms with Gasteiger partial charge >= 0.3 is 0 Å². The van der Waals surface area contributed by atoms with Gasteiger partial charge in [-0.3, -0.25) is 0 Å². The zero-order chi connectivity index (χ0) is 15.2. The number of sulfonamides is 1. The van der Waals surface area contributed by atoms with E-state index in [2.05, 4.69) is 18.2 Å². The molecule has 4 rings (SSSR count). The van der Waals surface area contributed by atoms with Crippen LogP contribution in [0.2, 0.25) is 0 Å². The standard InChI is InChI=1S/C18H21NO2S/c20-22(21,19-12-16-7-3-4-8-17(16)13-19)18-10-9-14-5-1-2-6-15(14)11-18/h1-6,11,16-17H,7-10,12-13H2/t16-,17-/m0/s1. The fraction of sp³-hybridized carbons (Fsp3) is 0.444. The van der Waals surface area contributed by atoms with Crippen LogP contribution in [-0.4, -0.2) is 25.8 Å². The van der Waals surface area contributed by atoms with E-state index < -0.39 is 10.0 Å². The second-order valence-corrected chi connectivity index (χ2v) is 8.59. The molecule has 2 aliphatic carbocycles. The lowest BCUT2D eigenvalue weighted by Crippen LogP contribution is -2.31. The lowest BCUT2D eigenvalue weighted by Gasteiger charge is -2.22. The smallest absolute Gasteiger partial charge is 0.207 e. The Balaban J connectivity index is 1.61. The van der Waals surface area contributed by atoms with Gasteiger partial charge < -0.3 is 0 Å². The Morgan fingerprint density at radius 1 is 0.955 bits per heavy atom. The molecule has 0 radical (unpaired) electrons. The number of rotatable bonds is 2. The Morgan fingerprint density at radius 2 is 1.64 bits per heavy atom. The van der Waals surface area contributed by atoms with Crippen molar-refractivity contribution in [3.8, 4) is 0 Å². The van der Waals surface area contributed by atoms with Crippen LogP contribution in [0.3, 0.4) is 0 Å². The van der Waals surface area contributed by atoms with Gasteiger partial charge in [0.05, 0.1) is 4.91 Å². The van der Waals surface area contributed by atoms with Crippen molar-refractivity contribution < 1.29 is 8.42 Å². The van der Waals surface area contributed by atoms with Crippen LogP contribution >= 0.6 is 0 Å². The third-order valence-corrected chi connectivity index (χ3v) is 7.23. The Hall–Kier alpha value is -1.39. The molecule has 0 saturated carbocycles. The van der Waals surface area contributed by atoms with E-state index in [0.29, 0.717) is 36.3 Å². The Kier molecular flexibility index (Phi) is 3.46. The molecule has 1 fully saturated rings. The first-order valence-corrected chi connectivity index (χ1v) is 9.52. The molecule has 1 saturated heterocycles. The molecule has 3 nitrogen and oxygen atoms in total. The van der Waals surface area contributed by atoms with E-state index in [-0.39, 0.29) is 0 Å². The highest BCUT2D eigenvalue weighted by Gasteiger charge is 2.40. The molecule has 1 heterocycles. The Morgan fingerprint density at radius 3 is 2.36 bits per heavy atom. The summed E-state index contributed by atoms with van der Waals surface area (Å²) in [5.41, 5.74) is 2.31. The molecule has 0 amide bonds. The van der Waals surface area contributed by atoms with Gasteiger partial charge in [-0.2, -0.15) is 4.31 Å². The molecule has 22 heavy (non-hydrogen) atoms. The molecule has 0 N–H and O–H groups in total. The first kappa shape index (κ1) is 14.2. The molecule has 0 bridgehead atoms. The van der Waals surface area contributed by atoms with Crippen molar-refractivity contribution in [1.29, 1.82) is 0 Å². The Labute approximate surface area is 132 Å². The normalized spacial score (nSPS) is 28.1. The molecular weight excluding hydrogens is 294 g/mol. The molecule has 0 spiro atoms. The van der Waals surface area contributed by atoms with E-state index in [1.165, 1.54) is 5.56 Å². The third kappa shape index (κ3) is 2.34. The topological polar surface area (TPSA) is 37.4 Å². The summed E-state index contributed by atoms with van der Waals surface area (Å²) in [5, 5.41) is 0. The second kappa shape index (κ2) is 5.36. The highest BCUT2D eigenvalue weighted by Crippen LogP contribution is 2.37. The van der Waals surface area contributed by atoms with E-state index in [1.54, 1.807) is 4.31 Å². The lowest BCUT2D eigenvalue weighted by atomic mass is 9.86. The maximum Gasteiger partial charge on any atom is 0.239 e. The van der Waals surface area contributed by atoms with Gasteiger partial charge in [0.25, 0.3) is 0 Å². The van der Waals surface area contributed by atoms with Gasteiger partial charge in [-0.25, -0.2) is 8.42 Å². The number of aryl methyl sites for hydroxylation is 1. The van der Waals surface area contributed by atoms with Crippen LogP contribution in [-0.2, 0) is 16.4 Å². The summed E-state index contributed by atoms with van der Waals surface area (Å²) >= 11 is 0. The summed E-state index contributed by atoms with van der Waals surface area (Å²) in [4.78, 5) is 0.595. The van der Waals surface area contributed by atoms with Crippen LogP contribution in [0.5, 0.6) is 0 Å². The maximum absolute atomic E-state index is 13.0. The van der Waals surface area contributed by atoms with Crippen LogP contribution < -0.4 is 0 Å². The largest absolute Gasteiger partial charge is 0.239 e. The minimum atomic E-state index is -3.30. The molecule has 1 aromatic carbocycles. The molecule has 1 aliphatic heterocycles. The van der Waals surface area contributed by atoms with Crippen molar-refractivity contribution in [3.05, 3.63) is 52.4 Å². The van der Waals surface area contributed by atoms with Gasteiger partial charge in [0.2, 0.25) is 10.0 Å². The van der Waals surface area contributed by atoms with Gasteiger partial charge in [0.15, 0.2) is 0 Å². The van der Waals surface area contributed by atoms with E-state index >= 15 is 0 Å². The predicted molar refractivity (Wildman–Crippen MR) is 88.6 cm³/mol. The quantitative estimate of drug-likeness (QED) is 0.786. The van der Waals surface area contributed by atoms with Crippen LogP contribution in [0.25, 0.3) is 6.08 Å². The molecule has 4 heteroatoms. The zero-order valence-corrected chi connectivity index (χ0v) is 13.4. The SMILES string of the molecule is O=S(=O)(C1=Cc2ccccc2CC1)N1C[C@@H]2CC=CC[C@H]2C1. The van der Waals surface area contributed by atoms with E-state index in [1.807, 2.05) is 24.3 Å². The highest BCUT2D eigenvalue weighted by molar-refractivity contribution is 7.93. The Bertz CT molecular complexity index is 732. The molecule has 116 valence electrons. The van der Waals surface area contributed by atoms with E-state index in [0.717, 1.165) is 24.8 Å². The van der Waals surface area contributed by atoms with Crippen molar-refractivity contribution in [2.24, 2.45) is 11.8 Å². The third-order valence-electron chi connectivity index (χ3n) is 5.27. The monoisotopic (exact) mass is 315 g/mol. The van der Waals surface area contributed by atoms with Crippen LogP contribution in [0, 0.1) is 11.8 Å². The number of hydrogen-bond acceptors (Lipinski definition) is 2. The lowest BCUT2D eigenvalue weighted by molar-refractivity contribution is 0.411. The summed E-state index contributed by atoms with van der Waals surface area (Å²) in [7, 11) is -3.30. The summed E-state index contributed by atoms with van der Waals surface area (Å²) in [6.07, 6.45) is 9.79. The number of allylic oxidation sites excluding steroid dienone is 3. The average Bonchev–Trinajstić information content (AvgIpc) is 2.99. The first-order valence-electron chi connectivity index (χ1n) is 8.08.